The largest absolute Gasteiger partial charge is 0.355 e. The molecule has 1 fully saturated rings. The van der Waals surface area contributed by atoms with Crippen LogP contribution in [-0.2, 0) is 11.2 Å². The van der Waals surface area contributed by atoms with Crippen molar-refractivity contribution in [2.75, 3.05) is 18.8 Å². The first kappa shape index (κ1) is 20.9. The number of nitrogens with one attached hydrogen (secondary N) is 2. The van der Waals surface area contributed by atoms with Crippen molar-refractivity contribution in [3.8, 4) is 0 Å². The molecule has 0 saturated heterocycles. The molecule has 4 nitrogen and oxygen atoms in total. The van der Waals surface area contributed by atoms with Gasteiger partial charge in [0.2, 0.25) is 5.91 Å². The van der Waals surface area contributed by atoms with E-state index in [1.165, 1.54) is 48.7 Å². The molecule has 1 aliphatic rings. The molecule has 0 atom stereocenters. The Morgan fingerprint density at radius 3 is 2.64 bits per heavy atom. The van der Waals surface area contributed by atoms with E-state index >= 15 is 0 Å². The van der Waals surface area contributed by atoms with Gasteiger partial charge in [-0.15, -0.1) is 23.1 Å². The van der Waals surface area contributed by atoms with Crippen LogP contribution in [0.5, 0.6) is 0 Å². The molecule has 1 saturated carbocycles. The number of carbonyl (C=O) groups excluding carboxylic acids is 2. The molecule has 2 aromatic rings. The summed E-state index contributed by atoms with van der Waals surface area (Å²) < 4.78 is 0. The third-order valence-electron chi connectivity index (χ3n) is 5.04. The van der Waals surface area contributed by atoms with Crippen molar-refractivity contribution >= 4 is 34.9 Å². The van der Waals surface area contributed by atoms with Crippen LogP contribution < -0.4 is 10.6 Å². The second-order valence-electron chi connectivity index (χ2n) is 7.18. The first-order valence-corrected chi connectivity index (χ1v) is 11.9. The van der Waals surface area contributed by atoms with Crippen LogP contribution in [-0.4, -0.2) is 30.7 Å². The minimum atomic E-state index is -0.0812. The minimum absolute atomic E-state index is 0.0449. The maximum Gasteiger partial charge on any atom is 0.252 e. The normalized spacial score (nSPS) is 14.6. The maximum atomic E-state index is 12.5. The van der Waals surface area contributed by atoms with Crippen LogP contribution in [0.25, 0.3) is 0 Å². The van der Waals surface area contributed by atoms with Gasteiger partial charge >= 0.3 is 0 Å². The van der Waals surface area contributed by atoms with Crippen molar-refractivity contribution in [1.29, 1.82) is 0 Å². The van der Waals surface area contributed by atoms with Gasteiger partial charge in [0, 0.05) is 22.9 Å². The van der Waals surface area contributed by atoms with Gasteiger partial charge in [0.25, 0.3) is 5.91 Å². The molecule has 3 rings (SSSR count). The molecule has 0 aliphatic heterocycles. The van der Waals surface area contributed by atoms with E-state index in [1.807, 2.05) is 35.7 Å². The van der Waals surface area contributed by atoms with Gasteiger partial charge in [0.1, 0.15) is 0 Å². The van der Waals surface area contributed by atoms with Crippen LogP contribution in [0.2, 0.25) is 0 Å². The van der Waals surface area contributed by atoms with Crippen molar-refractivity contribution in [3.05, 3.63) is 52.2 Å². The minimum Gasteiger partial charge on any atom is -0.355 e. The summed E-state index contributed by atoms with van der Waals surface area (Å²) in [7, 11) is 0. The molecule has 0 bridgehead atoms. The maximum absolute atomic E-state index is 12.5. The molecular weight excluding hydrogens is 388 g/mol. The van der Waals surface area contributed by atoms with Crippen LogP contribution in [0.4, 0.5) is 0 Å². The highest BCUT2D eigenvalue weighted by atomic mass is 32.2. The zero-order valence-electron chi connectivity index (χ0n) is 16.1. The highest BCUT2D eigenvalue weighted by molar-refractivity contribution is 8.00. The first-order chi connectivity index (χ1) is 13.7. The molecule has 1 aliphatic carbocycles. The Morgan fingerprint density at radius 1 is 1.04 bits per heavy atom. The van der Waals surface area contributed by atoms with Gasteiger partial charge in [0.15, 0.2) is 0 Å². The van der Waals surface area contributed by atoms with Gasteiger partial charge in [-0.05, 0) is 48.8 Å². The molecule has 2 N–H and O–H groups in total. The molecule has 1 aromatic heterocycles. The average Bonchev–Trinajstić information content (AvgIpc) is 3.25. The third kappa shape index (κ3) is 6.67. The fourth-order valence-electron chi connectivity index (χ4n) is 3.47. The summed E-state index contributed by atoms with van der Waals surface area (Å²) in [5, 5.41) is 8.09. The molecular formula is C22H28N2O2S2. The molecule has 1 heterocycles. The lowest BCUT2D eigenvalue weighted by molar-refractivity contribution is -0.118. The standard InChI is InChI=1S/C22H28N2O2S2/c25-21(24-15-17-7-2-1-3-8-17)16-28-20-11-5-4-10-19(20)22(26)23-13-12-18-9-6-14-27-18/h4-6,9-11,14,17H,1-3,7-8,12-13,15-16H2,(H,23,26)(H,24,25). The number of amides is 2. The van der Waals surface area contributed by atoms with E-state index in [0.717, 1.165) is 17.9 Å². The van der Waals surface area contributed by atoms with Gasteiger partial charge in [-0.3, -0.25) is 9.59 Å². The second-order valence-corrected chi connectivity index (χ2v) is 9.23. The van der Waals surface area contributed by atoms with E-state index in [2.05, 4.69) is 16.7 Å². The number of hydrogen-bond acceptors (Lipinski definition) is 4. The van der Waals surface area contributed by atoms with Gasteiger partial charge < -0.3 is 10.6 Å². The van der Waals surface area contributed by atoms with E-state index in [9.17, 15) is 9.59 Å². The highest BCUT2D eigenvalue weighted by Crippen LogP contribution is 2.24. The van der Waals surface area contributed by atoms with Crippen molar-refractivity contribution in [3.63, 3.8) is 0 Å². The fraction of sp³-hybridized carbons (Fsp3) is 0.455. The summed E-state index contributed by atoms with van der Waals surface area (Å²) in [6.45, 7) is 1.39. The van der Waals surface area contributed by atoms with E-state index in [4.69, 9.17) is 0 Å². The summed E-state index contributed by atoms with van der Waals surface area (Å²) in [6, 6.07) is 11.6. The molecule has 1 aromatic carbocycles. The van der Waals surface area contributed by atoms with Gasteiger partial charge in [-0.1, -0.05) is 37.5 Å². The topological polar surface area (TPSA) is 58.2 Å². The van der Waals surface area contributed by atoms with Crippen molar-refractivity contribution in [2.24, 2.45) is 5.92 Å². The Hall–Kier alpha value is -1.79. The van der Waals surface area contributed by atoms with E-state index < -0.39 is 0 Å². The zero-order valence-corrected chi connectivity index (χ0v) is 17.7. The predicted octanol–water partition coefficient (Wildman–Crippen LogP) is 4.51. The number of hydrogen-bond donors (Lipinski definition) is 2. The Morgan fingerprint density at radius 2 is 1.86 bits per heavy atom. The SMILES string of the molecule is O=C(CSc1ccccc1C(=O)NCCc1cccs1)NCC1CCCCC1. The number of carbonyl (C=O) groups is 2. The lowest BCUT2D eigenvalue weighted by atomic mass is 9.89. The van der Waals surface area contributed by atoms with Crippen LogP contribution in [0.1, 0.15) is 47.3 Å². The Labute approximate surface area is 175 Å². The third-order valence-corrected chi connectivity index (χ3v) is 7.05. The van der Waals surface area contributed by atoms with Crippen molar-refractivity contribution in [1.82, 2.24) is 10.6 Å². The molecule has 28 heavy (non-hydrogen) atoms. The van der Waals surface area contributed by atoms with Crippen LogP contribution in [0, 0.1) is 5.92 Å². The number of thioether (sulfide) groups is 1. The fourth-order valence-corrected chi connectivity index (χ4v) is 5.06. The summed E-state index contributed by atoms with van der Waals surface area (Å²) in [4.78, 5) is 26.9. The monoisotopic (exact) mass is 416 g/mol. The van der Waals surface area contributed by atoms with E-state index in [1.54, 1.807) is 11.3 Å². The smallest absolute Gasteiger partial charge is 0.252 e. The molecule has 6 heteroatoms. The number of thiophene rings is 1. The lowest BCUT2D eigenvalue weighted by Crippen LogP contribution is -2.31. The Balaban J connectivity index is 1.44. The number of rotatable bonds is 9. The lowest BCUT2D eigenvalue weighted by Gasteiger charge is -2.21. The molecule has 150 valence electrons. The zero-order chi connectivity index (χ0) is 19.6. The summed E-state index contributed by atoms with van der Waals surface area (Å²) in [5.74, 6) is 0.932. The Kier molecular flexibility index (Phi) is 8.42. The van der Waals surface area contributed by atoms with Crippen molar-refractivity contribution < 1.29 is 9.59 Å². The molecule has 0 unspecified atom stereocenters. The van der Waals surface area contributed by atoms with Crippen molar-refractivity contribution in [2.45, 2.75) is 43.4 Å². The van der Waals surface area contributed by atoms with Crippen LogP contribution in [0.15, 0.2) is 46.7 Å². The van der Waals surface area contributed by atoms with E-state index in [-0.39, 0.29) is 11.8 Å². The average molecular weight is 417 g/mol. The summed E-state index contributed by atoms with van der Waals surface area (Å²) in [6.07, 6.45) is 7.17. The van der Waals surface area contributed by atoms with E-state index in [0.29, 0.717) is 23.8 Å². The highest BCUT2D eigenvalue weighted by Gasteiger charge is 2.15. The summed E-state index contributed by atoms with van der Waals surface area (Å²) >= 11 is 3.13. The predicted molar refractivity (Wildman–Crippen MR) is 117 cm³/mol. The Bertz CT molecular complexity index is 756. The van der Waals surface area contributed by atoms with Crippen LogP contribution >= 0.6 is 23.1 Å². The van der Waals surface area contributed by atoms with Crippen LogP contribution in [0.3, 0.4) is 0 Å². The quantitative estimate of drug-likeness (QED) is 0.591. The van der Waals surface area contributed by atoms with Gasteiger partial charge in [-0.25, -0.2) is 0 Å². The molecule has 2 amide bonds. The molecule has 0 radical (unpaired) electrons. The summed E-state index contributed by atoms with van der Waals surface area (Å²) in [5.41, 5.74) is 0.638. The molecule has 0 spiro atoms. The first-order valence-electron chi connectivity index (χ1n) is 10.0. The second kappa shape index (κ2) is 11.3. The van der Waals surface area contributed by atoms with Gasteiger partial charge in [-0.2, -0.15) is 0 Å². The van der Waals surface area contributed by atoms with Gasteiger partial charge in [0.05, 0.1) is 11.3 Å². The number of benzene rings is 1.